The number of aromatic hydroxyl groups is 1. The maximum absolute atomic E-state index is 14.1. The van der Waals surface area contributed by atoms with Gasteiger partial charge in [0.1, 0.15) is 5.75 Å². The third-order valence-electron chi connectivity index (χ3n) is 4.26. The Hall–Kier alpha value is -2.75. The number of phenols is 1. The van der Waals surface area contributed by atoms with E-state index in [1.54, 1.807) is 60.7 Å². The molecule has 3 aromatic carbocycles. The molecule has 2 atom stereocenters. The van der Waals surface area contributed by atoms with Crippen molar-refractivity contribution in [1.29, 1.82) is 0 Å². The Morgan fingerprint density at radius 2 is 1.04 bits per heavy atom. The molecule has 2 unspecified atom stereocenters. The number of hydrogen-bond donors (Lipinski definition) is 1. The van der Waals surface area contributed by atoms with Gasteiger partial charge in [0.15, 0.2) is 0 Å². The van der Waals surface area contributed by atoms with E-state index in [0.29, 0.717) is 11.1 Å². The second-order valence-electron chi connectivity index (χ2n) is 5.91. The second-order valence-corrected chi connectivity index (χ2v) is 5.91. The Kier molecular flexibility index (Phi) is 4.79. The van der Waals surface area contributed by atoms with Gasteiger partial charge in [-0.05, 0) is 28.8 Å². The molecule has 4 heteroatoms. The Bertz CT molecular complexity index is 796. The fraction of sp³-hybridized carbons (Fsp3) is 0.143. The maximum Gasteiger partial charge on any atom is 0.396 e. The van der Waals surface area contributed by atoms with Crippen LogP contribution in [0.2, 0.25) is 0 Å². The summed E-state index contributed by atoms with van der Waals surface area (Å²) in [6, 6.07) is 22.6. The van der Waals surface area contributed by atoms with Gasteiger partial charge < -0.3 is 5.11 Å². The molecule has 0 heterocycles. The van der Waals surface area contributed by atoms with Crippen molar-refractivity contribution in [2.45, 2.75) is 18.0 Å². The second kappa shape index (κ2) is 7.01. The Morgan fingerprint density at radius 3 is 1.52 bits per heavy atom. The van der Waals surface area contributed by atoms with E-state index in [9.17, 15) is 18.3 Å². The fourth-order valence-corrected chi connectivity index (χ4v) is 3.15. The van der Waals surface area contributed by atoms with Crippen LogP contribution in [0.4, 0.5) is 13.2 Å². The average Bonchev–Trinajstić information content (AvgIpc) is 2.61. The predicted octanol–water partition coefficient (Wildman–Crippen LogP) is 5.87. The summed E-state index contributed by atoms with van der Waals surface area (Å²) in [7, 11) is 0. The van der Waals surface area contributed by atoms with Crippen LogP contribution in [0.5, 0.6) is 5.75 Å². The van der Waals surface area contributed by atoms with Crippen LogP contribution in [0, 0.1) is 0 Å². The molecule has 0 saturated carbocycles. The first-order valence-electron chi connectivity index (χ1n) is 7.92. The van der Waals surface area contributed by atoms with Crippen LogP contribution in [0.3, 0.4) is 0 Å². The lowest BCUT2D eigenvalue weighted by Crippen LogP contribution is -2.28. The number of benzene rings is 3. The first kappa shape index (κ1) is 17.1. The SMILES string of the molecule is Oc1ccc(C(c2ccccc2)C(c2ccccc2)C(F)(F)F)cc1. The van der Waals surface area contributed by atoms with Gasteiger partial charge in [0.2, 0.25) is 0 Å². The molecule has 3 rings (SSSR count). The molecule has 0 fully saturated rings. The highest BCUT2D eigenvalue weighted by atomic mass is 19.4. The van der Waals surface area contributed by atoms with Crippen LogP contribution in [0.25, 0.3) is 0 Å². The van der Waals surface area contributed by atoms with E-state index in [-0.39, 0.29) is 11.3 Å². The largest absolute Gasteiger partial charge is 0.508 e. The van der Waals surface area contributed by atoms with Crippen molar-refractivity contribution in [3.05, 3.63) is 102 Å². The molecular formula is C21H17F3O. The molecule has 0 bridgehead atoms. The van der Waals surface area contributed by atoms with Crippen LogP contribution >= 0.6 is 0 Å². The number of phenolic OH excluding ortho intramolecular Hbond substituents is 1. The number of alkyl halides is 3. The van der Waals surface area contributed by atoms with Crippen LogP contribution in [-0.2, 0) is 0 Å². The quantitative estimate of drug-likeness (QED) is 0.629. The van der Waals surface area contributed by atoms with Crippen molar-refractivity contribution in [2.75, 3.05) is 0 Å². The van der Waals surface area contributed by atoms with Crippen LogP contribution in [0.1, 0.15) is 28.5 Å². The summed E-state index contributed by atoms with van der Waals surface area (Å²) < 4.78 is 42.2. The molecule has 1 N–H and O–H groups in total. The first-order valence-corrected chi connectivity index (χ1v) is 7.92. The molecule has 0 spiro atoms. The van der Waals surface area contributed by atoms with E-state index >= 15 is 0 Å². The monoisotopic (exact) mass is 342 g/mol. The number of halogens is 3. The van der Waals surface area contributed by atoms with Gasteiger partial charge in [-0.25, -0.2) is 0 Å². The normalized spacial score (nSPS) is 14.0. The minimum atomic E-state index is -4.42. The average molecular weight is 342 g/mol. The maximum atomic E-state index is 14.1. The summed E-state index contributed by atoms with van der Waals surface area (Å²) >= 11 is 0. The fourth-order valence-electron chi connectivity index (χ4n) is 3.15. The summed E-state index contributed by atoms with van der Waals surface area (Å²) in [6.45, 7) is 0. The molecule has 0 amide bonds. The van der Waals surface area contributed by atoms with Crippen molar-refractivity contribution in [2.24, 2.45) is 0 Å². The zero-order chi connectivity index (χ0) is 17.9. The number of hydrogen-bond acceptors (Lipinski definition) is 1. The van der Waals surface area contributed by atoms with Gasteiger partial charge in [-0.2, -0.15) is 13.2 Å². The molecular weight excluding hydrogens is 325 g/mol. The van der Waals surface area contributed by atoms with Gasteiger partial charge in [0.25, 0.3) is 0 Å². The highest BCUT2D eigenvalue weighted by Crippen LogP contribution is 2.48. The zero-order valence-electron chi connectivity index (χ0n) is 13.3. The molecule has 1 nitrogen and oxygen atoms in total. The molecule has 25 heavy (non-hydrogen) atoms. The molecule has 0 aliphatic carbocycles. The molecule has 0 aliphatic rings. The van der Waals surface area contributed by atoms with E-state index in [1.165, 1.54) is 24.3 Å². The summed E-state index contributed by atoms with van der Waals surface area (Å²) in [5, 5.41) is 9.50. The minimum Gasteiger partial charge on any atom is -0.508 e. The van der Waals surface area contributed by atoms with E-state index in [2.05, 4.69) is 0 Å². The van der Waals surface area contributed by atoms with Gasteiger partial charge in [-0.15, -0.1) is 0 Å². The molecule has 0 aliphatic heterocycles. The topological polar surface area (TPSA) is 20.2 Å². The van der Waals surface area contributed by atoms with Crippen molar-refractivity contribution in [3.8, 4) is 5.75 Å². The lowest BCUT2D eigenvalue weighted by Gasteiger charge is -2.30. The zero-order valence-corrected chi connectivity index (χ0v) is 13.3. The Morgan fingerprint density at radius 1 is 0.600 bits per heavy atom. The predicted molar refractivity (Wildman–Crippen MR) is 91.6 cm³/mol. The van der Waals surface area contributed by atoms with Crippen LogP contribution in [0.15, 0.2) is 84.9 Å². The highest BCUT2D eigenvalue weighted by molar-refractivity contribution is 5.41. The summed E-state index contributed by atoms with van der Waals surface area (Å²) in [5.41, 5.74) is 1.31. The lowest BCUT2D eigenvalue weighted by atomic mass is 9.77. The molecule has 3 aromatic rings. The van der Waals surface area contributed by atoms with E-state index in [0.717, 1.165) is 0 Å². The van der Waals surface area contributed by atoms with E-state index < -0.39 is 18.0 Å². The summed E-state index contributed by atoms with van der Waals surface area (Å²) in [5.74, 6) is -2.55. The van der Waals surface area contributed by atoms with Crippen molar-refractivity contribution in [1.82, 2.24) is 0 Å². The summed E-state index contributed by atoms with van der Waals surface area (Å²) in [6.07, 6.45) is -4.42. The molecule has 0 radical (unpaired) electrons. The van der Waals surface area contributed by atoms with Crippen molar-refractivity contribution < 1.29 is 18.3 Å². The minimum absolute atomic E-state index is 0.0267. The third kappa shape index (κ3) is 3.85. The van der Waals surface area contributed by atoms with Gasteiger partial charge in [-0.3, -0.25) is 0 Å². The van der Waals surface area contributed by atoms with Crippen molar-refractivity contribution >= 4 is 0 Å². The Balaban J connectivity index is 2.19. The summed E-state index contributed by atoms with van der Waals surface area (Å²) in [4.78, 5) is 0. The number of rotatable bonds is 4. The van der Waals surface area contributed by atoms with Crippen molar-refractivity contribution in [3.63, 3.8) is 0 Å². The first-order chi connectivity index (χ1) is 12.0. The molecule has 128 valence electrons. The lowest BCUT2D eigenvalue weighted by molar-refractivity contribution is -0.153. The smallest absolute Gasteiger partial charge is 0.396 e. The molecule has 0 aromatic heterocycles. The van der Waals surface area contributed by atoms with Gasteiger partial charge in [-0.1, -0.05) is 72.8 Å². The van der Waals surface area contributed by atoms with Gasteiger partial charge in [0, 0.05) is 5.92 Å². The van der Waals surface area contributed by atoms with Gasteiger partial charge in [0.05, 0.1) is 5.92 Å². The standard InChI is InChI=1S/C21H17F3O/c22-21(23,24)20(17-9-5-2-6-10-17)19(15-7-3-1-4-8-15)16-11-13-18(25)14-12-16/h1-14,19-20,25H. The third-order valence-corrected chi connectivity index (χ3v) is 4.26. The van der Waals surface area contributed by atoms with E-state index in [4.69, 9.17) is 0 Å². The highest BCUT2D eigenvalue weighted by Gasteiger charge is 2.46. The van der Waals surface area contributed by atoms with Crippen LogP contribution < -0.4 is 0 Å². The van der Waals surface area contributed by atoms with Gasteiger partial charge >= 0.3 is 6.18 Å². The van der Waals surface area contributed by atoms with Crippen LogP contribution in [-0.4, -0.2) is 11.3 Å². The Labute approximate surface area is 144 Å². The molecule has 0 saturated heterocycles. The van der Waals surface area contributed by atoms with E-state index in [1.807, 2.05) is 0 Å².